The maximum absolute atomic E-state index is 12.2. The molecule has 232 valence electrons. The number of nitrogens with one attached hydrogen (secondary N) is 1. The second-order valence-corrected chi connectivity index (χ2v) is 10.7. The van der Waals surface area contributed by atoms with Gasteiger partial charge in [-0.1, -0.05) is 48.5 Å². The molecule has 0 heterocycles. The fourth-order valence-corrected chi connectivity index (χ4v) is 4.40. The zero-order chi connectivity index (χ0) is 30.0. The Morgan fingerprint density at radius 3 is 1.62 bits per heavy atom. The normalized spacial score (nSPS) is 12.5. The summed E-state index contributed by atoms with van der Waals surface area (Å²) in [6.07, 6.45) is -0.229. The van der Waals surface area contributed by atoms with Crippen molar-refractivity contribution in [3.63, 3.8) is 0 Å². The highest BCUT2D eigenvalue weighted by Gasteiger charge is 2.28. The molecule has 2 aromatic carbocycles. The Hall–Kier alpha value is -3.02. The minimum atomic E-state index is -0.478. The third-order valence-electron chi connectivity index (χ3n) is 6.22. The maximum Gasteiger partial charge on any atom is 0.407 e. The van der Waals surface area contributed by atoms with E-state index in [1.165, 1.54) is 22.3 Å². The number of carbonyl (C=O) groups excluding carboxylic acids is 2. The monoisotopic (exact) mass is 587 g/mol. The van der Waals surface area contributed by atoms with E-state index in [9.17, 15) is 9.59 Å². The van der Waals surface area contributed by atoms with Gasteiger partial charge in [-0.05, 0) is 43.0 Å². The van der Waals surface area contributed by atoms with Crippen LogP contribution in [0.3, 0.4) is 0 Å². The summed E-state index contributed by atoms with van der Waals surface area (Å²) in [4.78, 5) is 23.8. The molecule has 0 radical (unpaired) electrons. The topological polar surface area (TPSA) is 111 Å². The lowest BCUT2D eigenvalue weighted by molar-refractivity contribution is -0.156. The molecule has 0 saturated heterocycles. The van der Waals surface area contributed by atoms with Crippen LogP contribution in [0.1, 0.15) is 44.2 Å². The minimum absolute atomic E-state index is 0.0381. The van der Waals surface area contributed by atoms with Gasteiger partial charge in [-0.25, -0.2) is 4.79 Å². The highest BCUT2D eigenvalue weighted by molar-refractivity contribution is 5.79. The number of esters is 1. The molecular formula is C32H45NO9. The van der Waals surface area contributed by atoms with Crippen molar-refractivity contribution in [1.29, 1.82) is 0 Å². The lowest BCUT2D eigenvalue weighted by Gasteiger charge is -2.19. The molecule has 0 unspecified atom stereocenters. The Kier molecular flexibility index (Phi) is 14.8. The van der Waals surface area contributed by atoms with Crippen LogP contribution >= 0.6 is 0 Å². The number of ether oxygens (including phenoxy) is 7. The van der Waals surface area contributed by atoms with E-state index in [0.29, 0.717) is 72.6 Å². The van der Waals surface area contributed by atoms with Crippen LogP contribution < -0.4 is 5.32 Å². The SMILES string of the molecule is CC(C)(C)OC(=O)CCOCCOCCOCCOCCOCCNC(=O)OCC1c2ccccc2-c2ccccc21. The molecule has 10 heteroatoms. The number of hydrogen-bond acceptors (Lipinski definition) is 9. The van der Waals surface area contributed by atoms with Gasteiger partial charge in [0.15, 0.2) is 0 Å². The van der Waals surface area contributed by atoms with E-state index in [2.05, 4.69) is 29.6 Å². The number of benzene rings is 2. The summed E-state index contributed by atoms with van der Waals surface area (Å²) in [6, 6.07) is 16.5. The molecule has 42 heavy (non-hydrogen) atoms. The largest absolute Gasteiger partial charge is 0.460 e. The van der Waals surface area contributed by atoms with Gasteiger partial charge in [0.25, 0.3) is 0 Å². The van der Waals surface area contributed by atoms with Crippen molar-refractivity contribution >= 4 is 12.1 Å². The van der Waals surface area contributed by atoms with Crippen molar-refractivity contribution in [1.82, 2.24) is 5.32 Å². The second kappa shape index (κ2) is 18.5. The molecule has 2 aromatic rings. The van der Waals surface area contributed by atoms with Crippen LogP contribution in [0.2, 0.25) is 0 Å². The molecule has 1 amide bonds. The van der Waals surface area contributed by atoms with Crippen LogP contribution in [-0.2, 0) is 38.0 Å². The fraction of sp³-hybridized carbons (Fsp3) is 0.562. The van der Waals surface area contributed by atoms with E-state index in [4.69, 9.17) is 33.2 Å². The summed E-state index contributed by atoms with van der Waals surface area (Å²) < 4.78 is 37.9. The number of amides is 1. The summed E-state index contributed by atoms with van der Waals surface area (Å²) >= 11 is 0. The van der Waals surface area contributed by atoms with Crippen molar-refractivity contribution in [3.05, 3.63) is 59.7 Å². The molecule has 1 N–H and O–H groups in total. The molecule has 0 spiro atoms. The Labute approximate surface area is 248 Å². The number of fused-ring (bicyclic) bond motifs is 3. The number of alkyl carbamates (subject to hydrolysis) is 1. The molecule has 1 aliphatic carbocycles. The standard InChI is InChI=1S/C32H45NO9/c1-32(2,3)42-30(34)12-14-36-16-18-38-20-22-40-23-21-39-19-17-37-15-13-33-31(35)41-24-29-27-10-6-4-8-25(27)26-9-5-7-11-28(26)29/h4-11,29H,12-24H2,1-3H3,(H,33,35). The lowest BCUT2D eigenvalue weighted by Crippen LogP contribution is -2.29. The summed E-state index contributed by atoms with van der Waals surface area (Å²) in [7, 11) is 0. The molecule has 1 aliphatic rings. The molecule has 0 fully saturated rings. The fourth-order valence-electron chi connectivity index (χ4n) is 4.40. The van der Waals surface area contributed by atoms with E-state index in [0.717, 1.165) is 0 Å². The molecular weight excluding hydrogens is 542 g/mol. The van der Waals surface area contributed by atoms with Crippen molar-refractivity contribution in [2.75, 3.05) is 79.2 Å². The molecule has 0 aliphatic heterocycles. The Bertz CT molecular complexity index is 1040. The first kappa shape index (κ1) is 33.5. The number of hydrogen-bond donors (Lipinski definition) is 1. The summed E-state index contributed by atoms with van der Waals surface area (Å²) in [6.45, 7) is 10.3. The smallest absolute Gasteiger partial charge is 0.407 e. The summed E-state index contributed by atoms with van der Waals surface area (Å²) in [5.74, 6) is -0.232. The van der Waals surface area contributed by atoms with E-state index >= 15 is 0 Å². The van der Waals surface area contributed by atoms with Crippen molar-refractivity contribution < 1.29 is 42.7 Å². The van der Waals surface area contributed by atoms with Gasteiger partial charge in [0.05, 0.1) is 72.5 Å². The van der Waals surface area contributed by atoms with Crippen LogP contribution in [0.15, 0.2) is 48.5 Å². The Balaban J connectivity index is 1.07. The third kappa shape index (κ3) is 12.5. The Morgan fingerprint density at radius 1 is 0.667 bits per heavy atom. The third-order valence-corrected chi connectivity index (χ3v) is 6.22. The average molecular weight is 588 g/mol. The van der Waals surface area contributed by atoms with E-state index in [1.807, 2.05) is 45.0 Å². The van der Waals surface area contributed by atoms with Gasteiger partial charge in [0.2, 0.25) is 0 Å². The van der Waals surface area contributed by atoms with Gasteiger partial charge < -0.3 is 38.5 Å². The van der Waals surface area contributed by atoms with E-state index in [1.54, 1.807) is 0 Å². The van der Waals surface area contributed by atoms with Gasteiger partial charge >= 0.3 is 12.1 Å². The molecule has 0 saturated carbocycles. The highest BCUT2D eigenvalue weighted by Crippen LogP contribution is 2.44. The van der Waals surface area contributed by atoms with Crippen LogP contribution in [-0.4, -0.2) is 96.9 Å². The highest BCUT2D eigenvalue weighted by atomic mass is 16.6. The summed E-state index contributed by atoms with van der Waals surface area (Å²) in [5.41, 5.74) is 4.29. The van der Waals surface area contributed by atoms with E-state index in [-0.39, 0.29) is 24.9 Å². The van der Waals surface area contributed by atoms with Gasteiger partial charge in [0.1, 0.15) is 12.2 Å². The van der Waals surface area contributed by atoms with E-state index < -0.39 is 11.7 Å². The Morgan fingerprint density at radius 2 is 1.12 bits per heavy atom. The van der Waals surface area contributed by atoms with Crippen molar-refractivity contribution in [2.45, 2.75) is 38.7 Å². The van der Waals surface area contributed by atoms with Crippen LogP contribution in [0.5, 0.6) is 0 Å². The second-order valence-electron chi connectivity index (χ2n) is 10.7. The molecule has 0 aromatic heterocycles. The number of carbonyl (C=O) groups is 2. The van der Waals surface area contributed by atoms with Crippen molar-refractivity contribution in [3.8, 4) is 11.1 Å². The van der Waals surface area contributed by atoms with Crippen LogP contribution in [0.25, 0.3) is 11.1 Å². The van der Waals surface area contributed by atoms with Gasteiger partial charge in [-0.15, -0.1) is 0 Å². The minimum Gasteiger partial charge on any atom is -0.460 e. The van der Waals surface area contributed by atoms with Gasteiger partial charge in [0, 0.05) is 12.5 Å². The van der Waals surface area contributed by atoms with Crippen LogP contribution in [0.4, 0.5) is 4.79 Å². The zero-order valence-corrected chi connectivity index (χ0v) is 25.1. The predicted molar refractivity (Wildman–Crippen MR) is 158 cm³/mol. The van der Waals surface area contributed by atoms with Crippen molar-refractivity contribution in [2.24, 2.45) is 0 Å². The molecule has 3 rings (SSSR count). The average Bonchev–Trinajstić information content (AvgIpc) is 3.28. The molecule has 0 bridgehead atoms. The van der Waals surface area contributed by atoms with Crippen LogP contribution in [0, 0.1) is 0 Å². The molecule has 10 nitrogen and oxygen atoms in total. The maximum atomic E-state index is 12.2. The van der Waals surface area contributed by atoms with Gasteiger partial charge in [-0.2, -0.15) is 0 Å². The first-order valence-electron chi connectivity index (χ1n) is 14.5. The quantitative estimate of drug-likeness (QED) is 0.179. The number of rotatable bonds is 20. The van der Waals surface area contributed by atoms with Gasteiger partial charge in [-0.3, -0.25) is 4.79 Å². The predicted octanol–water partition coefficient (Wildman–Crippen LogP) is 4.34. The first-order valence-corrected chi connectivity index (χ1v) is 14.5. The zero-order valence-electron chi connectivity index (χ0n) is 25.1. The summed E-state index contributed by atoms with van der Waals surface area (Å²) in [5, 5.41) is 2.73. The molecule has 0 atom stereocenters. The first-order chi connectivity index (χ1) is 20.3. The lowest BCUT2D eigenvalue weighted by atomic mass is 9.98.